The van der Waals surface area contributed by atoms with Gasteiger partial charge in [-0.15, -0.1) is 0 Å². The van der Waals surface area contributed by atoms with Crippen molar-refractivity contribution in [3.8, 4) is 0 Å². The molecule has 0 fully saturated rings. The average Bonchev–Trinajstić information content (AvgIpc) is 2.43. The summed E-state index contributed by atoms with van der Waals surface area (Å²) in [5, 5.41) is 9.01. The van der Waals surface area contributed by atoms with Crippen molar-refractivity contribution >= 4 is 27.3 Å². The van der Waals surface area contributed by atoms with Crippen LogP contribution in [-0.2, 0) is 16.6 Å². The standard InChI is InChI=1S/C13H11ClFNO3S/c14-12-6-3-10(15)7-13(12)16-20(18,19)11-4-1-9(8-17)2-5-11/h1-7,16-17H,8H2. The highest BCUT2D eigenvalue weighted by molar-refractivity contribution is 7.92. The fourth-order valence-electron chi connectivity index (χ4n) is 1.55. The molecule has 106 valence electrons. The normalized spacial score (nSPS) is 11.3. The van der Waals surface area contributed by atoms with Crippen LogP contribution in [0.25, 0.3) is 0 Å². The fraction of sp³-hybridized carbons (Fsp3) is 0.0769. The fourth-order valence-corrected chi connectivity index (χ4v) is 2.84. The van der Waals surface area contributed by atoms with Gasteiger partial charge in [-0.05, 0) is 35.9 Å². The van der Waals surface area contributed by atoms with E-state index in [0.717, 1.165) is 12.1 Å². The molecule has 2 aromatic carbocycles. The smallest absolute Gasteiger partial charge is 0.261 e. The highest BCUT2D eigenvalue weighted by Crippen LogP contribution is 2.25. The Bertz CT molecular complexity index is 717. The Morgan fingerprint density at radius 1 is 1.15 bits per heavy atom. The van der Waals surface area contributed by atoms with E-state index >= 15 is 0 Å². The number of benzene rings is 2. The second-order valence-electron chi connectivity index (χ2n) is 4.03. The van der Waals surface area contributed by atoms with Crippen LogP contribution in [0.1, 0.15) is 5.56 Å². The third-order valence-electron chi connectivity index (χ3n) is 2.59. The molecule has 0 unspecified atom stereocenters. The van der Waals surface area contributed by atoms with Crippen molar-refractivity contribution in [1.29, 1.82) is 0 Å². The maximum Gasteiger partial charge on any atom is 0.261 e. The van der Waals surface area contributed by atoms with Gasteiger partial charge in [-0.1, -0.05) is 23.7 Å². The number of rotatable bonds is 4. The number of halogens is 2. The molecule has 4 nitrogen and oxygen atoms in total. The minimum Gasteiger partial charge on any atom is -0.392 e. The van der Waals surface area contributed by atoms with Crippen LogP contribution in [0, 0.1) is 5.82 Å². The van der Waals surface area contributed by atoms with E-state index in [2.05, 4.69) is 4.72 Å². The lowest BCUT2D eigenvalue weighted by molar-refractivity contribution is 0.282. The molecule has 0 aliphatic carbocycles. The molecule has 2 N–H and O–H groups in total. The van der Waals surface area contributed by atoms with E-state index in [1.54, 1.807) is 0 Å². The molecule has 0 saturated heterocycles. The molecule has 0 heterocycles. The molecule has 2 rings (SSSR count). The largest absolute Gasteiger partial charge is 0.392 e. The van der Waals surface area contributed by atoms with Crippen molar-refractivity contribution in [3.05, 3.63) is 58.9 Å². The Labute approximate surface area is 120 Å². The van der Waals surface area contributed by atoms with Crippen LogP contribution in [0.3, 0.4) is 0 Å². The minimum atomic E-state index is -3.86. The lowest BCUT2D eigenvalue weighted by Gasteiger charge is -2.10. The first kappa shape index (κ1) is 14.8. The number of hydrogen-bond acceptors (Lipinski definition) is 3. The van der Waals surface area contributed by atoms with Crippen molar-refractivity contribution in [1.82, 2.24) is 0 Å². The molecule has 0 amide bonds. The molecule has 0 radical (unpaired) electrons. The lowest BCUT2D eigenvalue weighted by Crippen LogP contribution is -2.13. The zero-order valence-corrected chi connectivity index (χ0v) is 11.7. The van der Waals surface area contributed by atoms with Gasteiger partial charge in [-0.25, -0.2) is 12.8 Å². The first-order valence-electron chi connectivity index (χ1n) is 5.60. The second-order valence-corrected chi connectivity index (χ2v) is 6.12. The molecule has 0 atom stereocenters. The molecule has 0 aliphatic rings. The molecule has 2 aromatic rings. The molecule has 7 heteroatoms. The van der Waals surface area contributed by atoms with E-state index in [1.165, 1.54) is 30.3 Å². The summed E-state index contributed by atoms with van der Waals surface area (Å²) in [6.07, 6.45) is 0. The molecule has 20 heavy (non-hydrogen) atoms. The van der Waals surface area contributed by atoms with E-state index in [0.29, 0.717) is 5.56 Å². The molecular weight excluding hydrogens is 305 g/mol. The molecule has 0 spiro atoms. The van der Waals surface area contributed by atoms with Gasteiger partial charge in [0, 0.05) is 0 Å². The van der Waals surface area contributed by atoms with Gasteiger partial charge in [0.05, 0.1) is 22.2 Å². The summed E-state index contributed by atoms with van der Waals surface area (Å²) in [6.45, 7) is -0.177. The Kier molecular flexibility index (Phi) is 4.27. The van der Waals surface area contributed by atoms with Gasteiger partial charge in [0.25, 0.3) is 10.0 Å². The van der Waals surface area contributed by atoms with E-state index in [-0.39, 0.29) is 22.2 Å². The number of anilines is 1. The number of hydrogen-bond donors (Lipinski definition) is 2. The van der Waals surface area contributed by atoms with E-state index in [4.69, 9.17) is 16.7 Å². The van der Waals surface area contributed by atoms with Crippen molar-refractivity contribution in [2.75, 3.05) is 4.72 Å². The third-order valence-corrected chi connectivity index (χ3v) is 4.30. The number of aliphatic hydroxyl groups excluding tert-OH is 1. The van der Waals surface area contributed by atoms with Gasteiger partial charge in [0.2, 0.25) is 0 Å². The van der Waals surface area contributed by atoms with Crippen LogP contribution in [0.4, 0.5) is 10.1 Å². The molecule has 0 aromatic heterocycles. The predicted molar refractivity (Wildman–Crippen MR) is 74.6 cm³/mol. The van der Waals surface area contributed by atoms with Gasteiger partial charge in [0.1, 0.15) is 5.82 Å². The second kappa shape index (κ2) is 5.78. The zero-order chi connectivity index (χ0) is 14.8. The van der Waals surface area contributed by atoms with Crippen molar-refractivity contribution in [2.45, 2.75) is 11.5 Å². The molecule has 0 aliphatic heterocycles. The quantitative estimate of drug-likeness (QED) is 0.911. The van der Waals surface area contributed by atoms with E-state index in [1.807, 2.05) is 0 Å². The van der Waals surface area contributed by atoms with Gasteiger partial charge < -0.3 is 5.11 Å². The predicted octanol–water partition coefficient (Wildman–Crippen LogP) is 2.77. The average molecular weight is 316 g/mol. The molecule has 0 saturated carbocycles. The summed E-state index contributed by atoms with van der Waals surface area (Å²) in [5.41, 5.74) is 0.561. The summed E-state index contributed by atoms with van der Waals surface area (Å²) in [7, 11) is -3.86. The number of sulfonamides is 1. The van der Waals surface area contributed by atoms with Crippen LogP contribution in [0.5, 0.6) is 0 Å². The topological polar surface area (TPSA) is 66.4 Å². The highest BCUT2D eigenvalue weighted by Gasteiger charge is 2.16. The van der Waals surface area contributed by atoms with Gasteiger partial charge >= 0.3 is 0 Å². The summed E-state index contributed by atoms with van der Waals surface area (Å²) >= 11 is 5.81. The van der Waals surface area contributed by atoms with Crippen LogP contribution >= 0.6 is 11.6 Å². The van der Waals surface area contributed by atoms with E-state index in [9.17, 15) is 12.8 Å². The first-order chi connectivity index (χ1) is 9.42. The highest BCUT2D eigenvalue weighted by atomic mass is 35.5. The van der Waals surface area contributed by atoms with Gasteiger partial charge in [-0.3, -0.25) is 4.72 Å². The Hall–Kier alpha value is -1.63. The maximum atomic E-state index is 13.1. The van der Waals surface area contributed by atoms with E-state index < -0.39 is 15.8 Å². The molecular formula is C13H11ClFNO3S. The maximum absolute atomic E-state index is 13.1. The van der Waals surface area contributed by atoms with Crippen molar-refractivity contribution in [2.24, 2.45) is 0 Å². The third kappa shape index (κ3) is 3.27. The van der Waals surface area contributed by atoms with Crippen LogP contribution in [0.15, 0.2) is 47.4 Å². The number of nitrogens with one attached hydrogen (secondary N) is 1. The Morgan fingerprint density at radius 2 is 1.80 bits per heavy atom. The summed E-state index contributed by atoms with van der Waals surface area (Å²) in [6, 6.07) is 9.08. The van der Waals surface area contributed by atoms with Gasteiger partial charge in [-0.2, -0.15) is 0 Å². The minimum absolute atomic E-state index is 0.00460. The lowest BCUT2D eigenvalue weighted by atomic mass is 10.2. The van der Waals surface area contributed by atoms with Crippen LogP contribution < -0.4 is 4.72 Å². The van der Waals surface area contributed by atoms with Crippen LogP contribution in [-0.4, -0.2) is 13.5 Å². The van der Waals surface area contributed by atoms with Gasteiger partial charge in [0.15, 0.2) is 0 Å². The SMILES string of the molecule is O=S(=O)(Nc1cc(F)ccc1Cl)c1ccc(CO)cc1. The summed E-state index contributed by atoms with van der Waals surface area (Å²) in [4.78, 5) is -0.00460. The number of aliphatic hydroxyl groups is 1. The monoisotopic (exact) mass is 315 g/mol. The van der Waals surface area contributed by atoms with Crippen molar-refractivity contribution in [3.63, 3.8) is 0 Å². The Morgan fingerprint density at radius 3 is 2.40 bits per heavy atom. The zero-order valence-electron chi connectivity index (χ0n) is 10.2. The Balaban J connectivity index is 2.32. The van der Waals surface area contributed by atoms with Crippen LogP contribution in [0.2, 0.25) is 5.02 Å². The summed E-state index contributed by atoms with van der Waals surface area (Å²) in [5.74, 6) is -0.595. The summed E-state index contributed by atoms with van der Waals surface area (Å²) < 4.78 is 39.5. The molecule has 0 bridgehead atoms. The first-order valence-corrected chi connectivity index (χ1v) is 7.46. The van der Waals surface area contributed by atoms with Crippen molar-refractivity contribution < 1.29 is 17.9 Å².